The Kier molecular flexibility index (Phi) is 3.97. The highest BCUT2D eigenvalue weighted by Gasteiger charge is 2.16. The van der Waals surface area contributed by atoms with Crippen molar-refractivity contribution in [3.8, 4) is 0 Å². The molecule has 18 heavy (non-hydrogen) atoms. The molecule has 3 N–H and O–H groups in total. The smallest absolute Gasteiger partial charge is 0.124 e. The van der Waals surface area contributed by atoms with E-state index in [0.29, 0.717) is 5.56 Å². The molecule has 1 saturated heterocycles. The molecular weight excluding hydrogens is 229 g/mol. The number of benzene rings is 1. The number of likely N-dealkylation sites (tertiary alicyclic amines) is 1. The number of nitrogen functional groups attached to an aromatic ring is 1. The molecule has 0 aromatic heterocycles. The van der Waals surface area contributed by atoms with Gasteiger partial charge in [0, 0.05) is 12.1 Å². The quantitative estimate of drug-likeness (QED) is 0.638. The van der Waals surface area contributed by atoms with Gasteiger partial charge in [0.25, 0.3) is 0 Å². The van der Waals surface area contributed by atoms with Gasteiger partial charge in [0.05, 0.1) is 0 Å². The highest BCUT2D eigenvalue weighted by molar-refractivity contribution is 5.95. The third-order valence-electron chi connectivity index (χ3n) is 3.55. The number of rotatable bonds is 3. The van der Waals surface area contributed by atoms with Crippen molar-refractivity contribution in [2.45, 2.75) is 26.3 Å². The summed E-state index contributed by atoms with van der Waals surface area (Å²) in [5.74, 6) is 0.396. The van der Waals surface area contributed by atoms with Crippen molar-refractivity contribution in [2.75, 3.05) is 13.1 Å². The molecule has 0 saturated carbocycles. The van der Waals surface area contributed by atoms with E-state index in [2.05, 4.69) is 11.8 Å². The number of halogens is 1. The predicted molar refractivity (Wildman–Crippen MR) is 71.1 cm³/mol. The lowest BCUT2D eigenvalue weighted by Gasteiger charge is -2.30. The van der Waals surface area contributed by atoms with Crippen molar-refractivity contribution >= 4 is 5.84 Å². The fourth-order valence-corrected chi connectivity index (χ4v) is 2.38. The molecule has 0 spiro atoms. The molecular formula is C14H20FN3. The number of hydrogen-bond acceptors (Lipinski definition) is 2. The highest BCUT2D eigenvalue weighted by atomic mass is 19.1. The summed E-state index contributed by atoms with van der Waals surface area (Å²) in [6, 6.07) is 4.65. The zero-order valence-electron chi connectivity index (χ0n) is 10.7. The van der Waals surface area contributed by atoms with Gasteiger partial charge in [0.2, 0.25) is 0 Å². The largest absolute Gasteiger partial charge is 0.384 e. The summed E-state index contributed by atoms with van der Waals surface area (Å²) in [7, 11) is 0. The summed E-state index contributed by atoms with van der Waals surface area (Å²) < 4.78 is 13.4. The molecule has 0 amide bonds. The summed E-state index contributed by atoms with van der Waals surface area (Å²) in [5.41, 5.74) is 6.77. The molecule has 0 unspecified atom stereocenters. The molecule has 0 radical (unpaired) electrons. The molecule has 4 heteroatoms. The average Bonchev–Trinajstić information content (AvgIpc) is 2.31. The molecule has 1 aromatic carbocycles. The molecule has 2 rings (SSSR count). The minimum absolute atomic E-state index is 0.0805. The number of piperidine rings is 1. The van der Waals surface area contributed by atoms with Gasteiger partial charge >= 0.3 is 0 Å². The lowest BCUT2D eigenvalue weighted by Crippen LogP contribution is -2.32. The molecule has 3 nitrogen and oxygen atoms in total. The van der Waals surface area contributed by atoms with Gasteiger partial charge in [-0.2, -0.15) is 0 Å². The van der Waals surface area contributed by atoms with Crippen molar-refractivity contribution in [3.05, 3.63) is 35.1 Å². The van der Waals surface area contributed by atoms with E-state index in [-0.39, 0.29) is 11.7 Å². The first-order chi connectivity index (χ1) is 8.54. The Labute approximate surface area is 107 Å². The monoisotopic (exact) mass is 249 g/mol. The normalized spacial score (nSPS) is 17.9. The lowest BCUT2D eigenvalue weighted by molar-refractivity contribution is 0.185. The zero-order valence-corrected chi connectivity index (χ0v) is 10.7. The third-order valence-corrected chi connectivity index (χ3v) is 3.55. The molecule has 1 aliphatic heterocycles. The highest BCUT2D eigenvalue weighted by Crippen LogP contribution is 2.19. The van der Waals surface area contributed by atoms with Gasteiger partial charge in [-0.15, -0.1) is 0 Å². The fourth-order valence-electron chi connectivity index (χ4n) is 2.38. The van der Waals surface area contributed by atoms with Gasteiger partial charge in [0.1, 0.15) is 11.7 Å². The molecule has 0 bridgehead atoms. The van der Waals surface area contributed by atoms with Crippen LogP contribution in [-0.4, -0.2) is 23.8 Å². The van der Waals surface area contributed by atoms with Crippen LogP contribution in [0.1, 0.15) is 30.9 Å². The summed E-state index contributed by atoms with van der Waals surface area (Å²) in [4.78, 5) is 2.33. The summed E-state index contributed by atoms with van der Waals surface area (Å²) >= 11 is 0. The van der Waals surface area contributed by atoms with Gasteiger partial charge in [-0.1, -0.05) is 6.92 Å². The first-order valence-electron chi connectivity index (χ1n) is 6.41. The van der Waals surface area contributed by atoms with E-state index in [1.54, 1.807) is 0 Å². The van der Waals surface area contributed by atoms with Crippen LogP contribution in [0.3, 0.4) is 0 Å². The van der Waals surface area contributed by atoms with Crippen LogP contribution in [0.5, 0.6) is 0 Å². The number of nitrogens with one attached hydrogen (secondary N) is 1. The SMILES string of the molecule is CC1CCN(Cc2cc(F)cc(C(=N)N)c2)CC1. The van der Waals surface area contributed by atoms with Crippen LogP contribution < -0.4 is 5.73 Å². The van der Waals surface area contributed by atoms with Crippen LogP contribution in [0.2, 0.25) is 0 Å². The van der Waals surface area contributed by atoms with Crippen LogP contribution in [-0.2, 0) is 6.54 Å². The second-order valence-electron chi connectivity index (χ2n) is 5.22. The lowest BCUT2D eigenvalue weighted by atomic mass is 9.98. The summed E-state index contributed by atoms with van der Waals surface area (Å²) in [6.07, 6.45) is 2.41. The van der Waals surface area contributed by atoms with Crippen LogP contribution in [0.25, 0.3) is 0 Å². The average molecular weight is 249 g/mol. The molecule has 1 fully saturated rings. The van der Waals surface area contributed by atoms with Crippen molar-refractivity contribution < 1.29 is 4.39 Å². The Morgan fingerprint density at radius 1 is 1.39 bits per heavy atom. The number of amidine groups is 1. The van der Waals surface area contributed by atoms with Crippen LogP contribution in [0.15, 0.2) is 18.2 Å². The maximum atomic E-state index is 13.4. The molecule has 98 valence electrons. The van der Waals surface area contributed by atoms with Crippen LogP contribution in [0.4, 0.5) is 4.39 Å². The van der Waals surface area contributed by atoms with Crippen molar-refractivity contribution in [1.29, 1.82) is 5.41 Å². The fraction of sp³-hybridized carbons (Fsp3) is 0.500. The Bertz CT molecular complexity index is 437. The van der Waals surface area contributed by atoms with Gasteiger partial charge in [-0.25, -0.2) is 4.39 Å². The summed E-state index contributed by atoms with van der Waals surface area (Å²) in [6.45, 7) is 5.14. The van der Waals surface area contributed by atoms with Gasteiger partial charge in [0.15, 0.2) is 0 Å². The van der Waals surface area contributed by atoms with E-state index < -0.39 is 0 Å². The van der Waals surface area contributed by atoms with E-state index >= 15 is 0 Å². The minimum Gasteiger partial charge on any atom is -0.384 e. The topological polar surface area (TPSA) is 53.1 Å². The van der Waals surface area contributed by atoms with E-state index in [1.165, 1.54) is 25.0 Å². The Balaban J connectivity index is 2.07. The maximum absolute atomic E-state index is 13.4. The Morgan fingerprint density at radius 2 is 2.06 bits per heavy atom. The molecule has 1 heterocycles. The van der Waals surface area contributed by atoms with Crippen molar-refractivity contribution in [1.82, 2.24) is 4.90 Å². The van der Waals surface area contributed by atoms with Gasteiger partial charge < -0.3 is 5.73 Å². The Morgan fingerprint density at radius 3 is 2.67 bits per heavy atom. The first-order valence-corrected chi connectivity index (χ1v) is 6.41. The number of hydrogen-bond donors (Lipinski definition) is 2. The van der Waals surface area contributed by atoms with E-state index in [0.717, 1.165) is 31.1 Å². The zero-order chi connectivity index (χ0) is 13.1. The first kappa shape index (κ1) is 13.0. The summed E-state index contributed by atoms with van der Waals surface area (Å²) in [5, 5.41) is 7.37. The molecule has 1 aliphatic rings. The van der Waals surface area contributed by atoms with Crippen LogP contribution in [0, 0.1) is 17.1 Å². The number of nitrogens with two attached hydrogens (primary N) is 1. The Hall–Kier alpha value is -1.42. The van der Waals surface area contributed by atoms with Gasteiger partial charge in [-0.3, -0.25) is 10.3 Å². The van der Waals surface area contributed by atoms with Crippen molar-refractivity contribution in [3.63, 3.8) is 0 Å². The minimum atomic E-state index is -0.317. The predicted octanol–water partition coefficient (Wildman–Crippen LogP) is 2.34. The van der Waals surface area contributed by atoms with E-state index in [9.17, 15) is 4.39 Å². The number of nitrogens with zero attached hydrogens (tertiary/aromatic N) is 1. The van der Waals surface area contributed by atoms with E-state index in [4.69, 9.17) is 11.1 Å². The third kappa shape index (κ3) is 3.29. The second kappa shape index (κ2) is 5.48. The molecule has 1 aromatic rings. The second-order valence-corrected chi connectivity index (χ2v) is 5.22. The molecule has 0 aliphatic carbocycles. The maximum Gasteiger partial charge on any atom is 0.124 e. The van der Waals surface area contributed by atoms with Gasteiger partial charge in [-0.05, 0) is 55.6 Å². The van der Waals surface area contributed by atoms with Crippen molar-refractivity contribution in [2.24, 2.45) is 11.7 Å². The standard InChI is InChI=1S/C14H20FN3/c1-10-2-4-18(5-3-10)9-11-6-12(14(16)17)8-13(15)7-11/h6-8,10H,2-5,9H2,1H3,(H3,16,17). The van der Waals surface area contributed by atoms with Crippen LogP contribution >= 0.6 is 0 Å². The molecule has 0 atom stereocenters. The van der Waals surface area contributed by atoms with E-state index in [1.807, 2.05) is 6.07 Å².